The summed E-state index contributed by atoms with van der Waals surface area (Å²) >= 11 is 0. The molecular weight excluding hydrogens is 466 g/mol. The van der Waals surface area contributed by atoms with Gasteiger partial charge in [0, 0.05) is 31.7 Å². The fourth-order valence-electron chi connectivity index (χ4n) is 4.68. The third kappa shape index (κ3) is 5.21. The highest BCUT2D eigenvalue weighted by molar-refractivity contribution is 7.89. The fourth-order valence-corrected chi connectivity index (χ4v) is 6.23. The van der Waals surface area contributed by atoms with Gasteiger partial charge in [-0.25, -0.2) is 8.42 Å². The van der Waals surface area contributed by atoms with E-state index in [0.29, 0.717) is 31.1 Å². The summed E-state index contributed by atoms with van der Waals surface area (Å²) in [5.74, 6) is -0.599. The number of nitrogens with one attached hydrogen (secondary N) is 1. The van der Waals surface area contributed by atoms with Gasteiger partial charge in [0.15, 0.2) is 0 Å². The van der Waals surface area contributed by atoms with Gasteiger partial charge in [0.1, 0.15) is 5.75 Å². The number of ether oxygens (including phenoxy) is 1. The van der Waals surface area contributed by atoms with E-state index in [9.17, 15) is 18.0 Å². The van der Waals surface area contributed by atoms with Crippen molar-refractivity contribution in [1.29, 1.82) is 0 Å². The summed E-state index contributed by atoms with van der Waals surface area (Å²) < 4.78 is 33.5. The van der Waals surface area contributed by atoms with Crippen LogP contribution in [0.4, 0.5) is 11.4 Å². The molecule has 0 aromatic heterocycles. The van der Waals surface area contributed by atoms with Gasteiger partial charge in [0.25, 0.3) is 0 Å². The number of carbonyl (C=O) groups is 2. The molecule has 2 heterocycles. The Kier molecular flexibility index (Phi) is 7.47. The number of sulfonamides is 1. The third-order valence-corrected chi connectivity index (χ3v) is 8.72. The summed E-state index contributed by atoms with van der Waals surface area (Å²) in [5, 5.41) is 2.85. The molecule has 0 aliphatic carbocycles. The van der Waals surface area contributed by atoms with Gasteiger partial charge in [-0.3, -0.25) is 9.59 Å². The van der Waals surface area contributed by atoms with Crippen LogP contribution < -0.4 is 15.0 Å². The first kappa shape index (κ1) is 25.2. The molecule has 0 spiro atoms. The highest BCUT2D eigenvalue weighted by Gasteiger charge is 2.36. The highest BCUT2D eigenvalue weighted by atomic mass is 32.2. The van der Waals surface area contributed by atoms with E-state index in [1.165, 1.54) is 16.4 Å². The lowest BCUT2D eigenvalue weighted by molar-refractivity contribution is -0.122. The molecule has 0 radical (unpaired) electrons. The number of piperidine rings is 1. The average molecular weight is 500 g/mol. The van der Waals surface area contributed by atoms with Crippen molar-refractivity contribution in [2.75, 3.05) is 36.5 Å². The maximum atomic E-state index is 13.2. The lowest BCUT2D eigenvalue weighted by Gasteiger charge is -2.26. The van der Waals surface area contributed by atoms with Crippen LogP contribution in [0.25, 0.3) is 0 Å². The molecule has 2 aromatic rings. The molecule has 2 amide bonds. The van der Waals surface area contributed by atoms with Gasteiger partial charge in [-0.15, -0.1) is 0 Å². The predicted molar refractivity (Wildman–Crippen MR) is 135 cm³/mol. The summed E-state index contributed by atoms with van der Waals surface area (Å²) in [4.78, 5) is 27.8. The third-order valence-electron chi connectivity index (χ3n) is 6.82. The van der Waals surface area contributed by atoms with Gasteiger partial charge in [0.05, 0.1) is 23.1 Å². The molecule has 2 aromatic carbocycles. The Morgan fingerprint density at radius 3 is 2.57 bits per heavy atom. The number of benzene rings is 2. The van der Waals surface area contributed by atoms with E-state index in [0.717, 1.165) is 36.1 Å². The monoisotopic (exact) mass is 499 g/mol. The molecule has 188 valence electrons. The normalized spacial score (nSPS) is 19.1. The van der Waals surface area contributed by atoms with E-state index in [4.69, 9.17) is 4.74 Å². The average Bonchev–Trinajstić information content (AvgIpc) is 3.24. The van der Waals surface area contributed by atoms with Gasteiger partial charge in [-0.2, -0.15) is 4.31 Å². The molecule has 2 saturated heterocycles. The van der Waals surface area contributed by atoms with Crippen LogP contribution in [-0.4, -0.2) is 50.8 Å². The zero-order chi connectivity index (χ0) is 25.2. The first-order valence-electron chi connectivity index (χ1n) is 12.2. The van der Waals surface area contributed by atoms with Crippen LogP contribution in [0.1, 0.15) is 43.7 Å². The van der Waals surface area contributed by atoms with E-state index in [1.807, 2.05) is 39.0 Å². The maximum Gasteiger partial charge on any atom is 0.243 e. The number of hydrogen-bond acceptors (Lipinski definition) is 5. The summed E-state index contributed by atoms with van der Waals surface area (Å²) in [7, 11) is -3.67. The number of rotatable bonds is 7. The van der Waals surface area contributed by atoms with Crippen molar-refractivity contribution in [3.63, 3.8) is 0 Å². The Morgan fingerprint density at radius 1 is 1.11 bits per heavy atom. The quantitative estimate of drug-likeness (QED) is 0.624. The first-order chi connectivity index (χ1) is 16.7. The summed E-state index contributed by atoms with van der Waals surface area (Å²) in [5.41, 5.74) is 3.20. The smallest absolute Gasteiger partial charge is 0.243 e. The molecule has 9 heteroatoms. The van der Waals surface area contributed by atoms with Crippen LogP contribution in [0.5, 0.6) is 5.75 Å². The highest BCUT2D eigenvalue weighted by Crippen LogP contribution is 2.33. The minimum atomic E-state index is -3.67. The van der Waals surface area contributed by atoms with Crippen LogP contribution in [-0.2, 0) is 19.6 Å². The van der Waals surface area contributed by atoms with Crippen LogP contribution in [0.3, 0.4) is 0 Å². The number of aryl methyl sites for hydroxylation is 1. The van der Waals surface area contributed by atoms with Crippen molar-refractivity contribution in [2.45, 2.75) is 51.3 Å². The molecule has 8 nitrogen and oxygen atoms in total. The minimum Gasteiger partial charge on any atom is -0.492 e. The number of amides is 2. The van der Waals surface area contributed by atoms with E-state index >= 15 is 0 Å². The van der Waals surface area contributed by atoms with Gasteiger partial charge in [-0.05, 0) is 69.0 Å². The van der Waals surface area contributed by atoms with Gasteiger partial charge >= 0.3 is 0 Å². The van der Waals surface area contributed by atoms with Crippen LogP contribution in [0.15, 0.2) is 41.3 Å². The number of hydrogen-bond donors (Lipinski definition) is 1. The molecule has 1 unspecified atom stereocenters. The first-order valence-corrected chi connectivity index (χ1v) is 13.6. The zero-order valence-corrected chi connectivity index (χ0v) is 21.4. The minimum absolute atomic E-state index is 0.0922. The molecule has 0 saturated carbocycles. The Bertz CT molecular complexity index is 1220. The van der Waals surface area contributed by atoms with Crippen LogP contribution >= 0.6 is 0 Å². The standard InChI is InChI=1S/C26H33N3O5S/c1-4-34-24-12-11-21(35(32,33)28-13-6-5-7-14-28)16-22(24)27-26(31)20-15-25(30)29(17-20)23-10-8-9-18(2)19(23)3/h8-12,16,20H,4-7,13-15,17H2,1-3H3,(H,27,31). The summed E-state index contributed by atoms with van der Waals surface area (Å²) in [6, 6.07) is 10.4. The Balaban J connectivity index is 1.56. The molecule has 4 rings (SSSR count). The Labute approximate surface area is 207 Å². The van der Waals surface area contributed by atoms with Crippen LogP contribution in [0.2, 0.25) is 0 Å². The Hall–Kier alpha value is -2.91. The second kappa shape index (κ2) is 10.4. The van der Waals surface area contributed by atoms with E-state index < -0.39 is 15.9 Å². The van der Waals surface area contributed by atoms with Crippen molar-refractivity contribution in [1.82, 2.24) is 4.31 Å². The SMILES string of the molecule is CCOc1ccc(S(=O)(=O)N2CCCCC2)cc1NC(=O)C1CC(=O)N(c2cccc(C)c2C)C1. The van der Waals surface area contributed by atoms with Gasteiger partial charge < -0.3 is 15.0 Å². The van der Waals surface area contributed by atoms with Crippen LogP contribution in [0, 0.1) is 19.8 Å². The molecule has 35 heavy (non-hydrogen) atoms. The van der Waals surface area contributed by atoms with Gasteiger partial charge in [0.2, 0.25) is 21.8 Å². The molecule has 2 fully saturated rings. The van der Waals surface area contributed by atoms with Crippen molar-refractivity contribution in [2.24, 2.45) is 5.92 Å². The maximum absolute atomic E-state index is 13.2. The molecule has 2 aliphatic heterocycles. The molecule has 0 bridgehead atoms. The Morgan fingerprint density at radius 2 is 1.86 bits per heavy atom. The summed E-state index contributed by atoms with van der Waals surface area (Å²) in [6.45, 7) is 7.40. The topological polar surface area (TPSA) is 96.0 Å². The second-order valence-electron chi connectivity index (χ2n) is 9.17. The number of carbonyl (C=O) groups excluding carboxylic acids is 2. The predicted octanol–water partition coefficient (Wildman–Crippen LogP) is 3.87. The molecule has 1 N–H and O–H groups in total. The van der Waals surface area contributed by atoms with Crippen molar-refractivity contribution >= 4 is 33.2 Å². The lowest BCUT2D eigenvalue weighted by Crippen LogP contribution is -2.35. The van der Waals surface area contributed by atoms with Crippen molar-refractivity contribution in [3.05, 3.63) is 47.5 Å². The number of anilines is 2. The van der Waals surface area contributed by atoms with Crippen molar-refractivity contribution in [3.8, 4) is 5.75 Å². The van der Waals surface area contributed by atoms with Crippen molar-refractivity contribution < 1.29 is 22.7 Å². The molecular formula is C26H33N3O5S. The molecule has 2 aliphatic rings. The van der Waals surface area contributed by atoms with E-state index in [2.05, 4.69) is 5.32 Å². The summed E-state index contributed by atoms with van der Waals surface area (Å²) in [6.07, 6.45) is 2.80. The zero-order valence-electron chi connectivity index (χ0n) is 20.5. The van der Waals surface area contributed by atoms with E-state index in [1.54, 1.807) is 11.0 Å². The fraction of sp³-hybridized carbons (Fsp3) is 0.462. The second-order valence-corrected chi connectivity index (χ2v) is 11.1. The largest absolute Gasteiger partial charge is 0.492 e. The number of nitrogens with zero attached hydrogens (tertiary/aromatic N) is 2. The molecule has 1 atom stereocenters. The van der Waals surface area contributed by atoms with Gasteiger partial charge in [-0.1, -0.05) is 18.6 Å². The lowest BCUT2D eigenvalue weighted by atomic mass is 10.1. The van der Waals surface area contributed by atoms with E-state index in [-0.39, 0.29) is 29.7 Å².